The molecule has 1 aliphatic heterocycles. The quantitative estimate of drug-likeness (QED) is 0.223. The summed E-state index contributed by atoms with van der Waals surface area (Å²) < 4.78 is 39.0. The Morgan fingerprint density at radius 2 is 1.50 bits per heavy atom. The molecule has 1 saturated heterocycles. The smallest absolute Gasteiger partial charge is 0.371 e. The Hall–Kier alpha value is -4.43. The maximum absolute atomic E-state index is 13.2. The lowest BCUT2D eigenvalue weighted by Gasteiger charge is -2.40. The average Bonchev–Trinajstić information content (AvgIpc) is 3.02. The van der Waals surface area contributed by atoms with Gasteiger partial charge in [0.1, 0.15) is 6.29 Å². The van der Waals surface area contributed by atoms with E-state index in [2.05, 4.69) is 15.1 Å². The predicted molar refractivity (Wildman–Crippen MR) is 160 cm³/mol. The van der Waals surface area contributed by atoms with Crippen LogP contribution in [0, 0.1) is 0 Å². The molecule has 216 valence electrons. The third-order valence-corrected chi connectivity index (χ3v) is 7.93. The SMILES string of the molecule is CN(C1CCN(c2ccc(NC(=O)c3ccccc3-c3ccc(C(F)(F)F)cc3)cc2)CC1)C(C=O)c1ccccc1. The summed E-state index contributed by atoms with van der Waals surface area (Å²) >= 11 is 0. The zero-order valence-electron chi connectivity index (χ0n) is 23.2. The highest BCUT2D eigenvalue weighted by Crippen LogP contribution is 2.32. The second-order valence-electron chi connectivity index (χ2n) is 10.5. The number of nitrogens with zero attached hydrogens (tertiary/aromatic N) is 2. The van der Waals surface area contributed by atoms with Crippen molar-refractivity contribution < 1.29 is 22.8 Å². The van der Waals surface area contributed by atoms with E-state index in [1.54, 1.807) is 24.3 Å². The first kappa shape index (κ1) is 29.1. The van der Waals surface area contributed by atoms with E-state index < -0.39 is 11.7 Å². The molecular weight excluding hydrogens is 539 g/mol. The molecule has 1 N–H and O–H groups in total. The number of hydrogen-bond acceptors (Lipinski definition) is 4. The standard InChI is InChI=1S/C34H32F3N3O2/c1-39(32(23-41)25-7-3-2-4-8-25)28-19-21-40(22-20-28)29-17-15-27(16-18-29)38-33(42)31-10-6-5-9-30(31)24-11-13-26(14-12-24)34(35,36)37/h2-18,23,28,32H,19-22H2,1H3,(H,38,42). The van der Waals surface area contributed by atoms with Crippen molar-refractivity contribution in [3.05, 3.63) is 120 Å². The average molecular weight is 572 g/mol. The van der Waals surface area contributed by atoms with E-state index in [0.29, 0.717) is 28.4 Å². The molecule has 4 aromatic carbocycles. The molecule has 8 heteroatoms. The normalized spacial score (nSPS) is 14.9. The molecule has 0 aliphatic carbocycles. The molecule has 0 saturated carbocycles. The summed E-state index contributed by atoms with van der Waals surface area (Å²) in [6, 6.07) is 29.1. The monoisotopic (exact) mass is 571 g/mol. The molecule has 0 aromatic heterocycles. The topological polar surface area (TPSA) is 52.6 Å². The lowest BCUT2D eigenvalue weighted by Crippen LogP contribution is -2.45. The summed E-state index contributed by atoms with van der Waals surface area (Å²) in [4.78, 5) is 29.5. The number of benzene rings is 4. The van der Waals surface area contributed by atoms with Gasteiger partial charge in [0.05, 0.1) is 11.6 Å². The van der Waals surface area contributed by atoms with Crippen LogP contribution in [0.1, 0.15) is 40.4 Å². The third kappa shape index (κ3) is 6.55. The molecule has 42 heavy (non-hydrogen) atoms. The fourth-order valence-electron chi connectivity index (χ4n) is 5.54. The van der Waals surface area contributed by atoms with E-state index in [1.165, 1.54) is 12.1 Å². The van der Waals surface area contributed by atoms with Crippen molar-refractivity contribution in [1.82, 2.24) is 4.90 Å². The number of aldehydes is 1. The van der Waals surface area contributed by atoms with Crippen LogP contribution in [0.4, 0.5) is 24.5 Å². The molecular formula is C34H32F3N3O2. The lowest BCUT2D eigenvalue weighted by atomic mass is 9.98. The van der Waals surface area contributed by atoms with E-state index in [4.69, 9.17) is 0 Å². The number of anilines is 2. The number of carbonyl (C=O) groups excluding carboxylic acids is 2. The van der Waals surface area contributed by atoms with Crippen LogP contribution in [0.15, 0.2) is 103 Å². The fraction of sp³-hybridized carbons (Fsp3) is 0.235. The molecule has 5 rings (SSSR count). The van der Waals surface area contributed by atoms with Crippen LogP contribution >= 0.6 is 0 Å². The summed E-state index contributed by atoms with van der Waals surface area (Å²) in [5.74, 6) is -0.342. The van der Waals surface area contributed by atoms with Gasteiger partial charge in [-0.15, -0.1) is 0 Å². The Kier molecular flexibility index (Phi) is 8.73. The van der Waals surface area contributed by atoms with E-state index in [0.717, 1.165) is 55.6 Å². The van der Waals surface area contributed by atoms with Gasteiger partial charge in [-0.2, -0.15) is 13.2 Å². The second-order valence-corrected chi connectivity index (χ2v) is 10.5. The maximum Gasteiger partial charge on any atom is 0.416 e. The van der Waals surface area contributed by atoms with Crippen molar-refractivity contribution in [2.75, 3.05) is 30.4 Å². The molecule has 1 unspecified atom stereocenters. The predicted octanol–water partition coefficient (Wildman–Crippen LogP) is 7.47. The van der Waals surface area contributed by atoms with E-state index in [-0.39, 0.29) is 11.9 Å². The minimum Gasteiger partial charge on any atom is -0.371 e. The Morgan fingerprint density at radius 1 is 0.881 bits per heavy atom. The zero-order chi connectivity index (χ0) is 29.7. The molecule has 1 fully saturated rings. The first-order chi connectivity index (χ1) is 20.2. The summed E-state index contributed by atoms with van der Waals surface area (Å²) in [5, 5.41) is 2.91. The summed E-state index contributed by atoms with van der Waals surface area (Å²) in [6.45, 7) is 1.70. The van der Waals surface area contributed by atoms with Crippen molar-refractivity contribution >= 4 is 23.6 Å². The number of rotatable bonds is 8. The molecule has 1 amide bonds. The van der Waals surface area contributed by atoms with Crippen LogP contribution in [0.3, 0.4) is 0 Å². The second kappa shape index (κ2) is 12.6. The van der Waals surface area contributed by atoms with Crippen LogP contribution in [0.5, 0.6) is 0 Å². The summed E-state index contributed by atoms with van der Waals surface area (Å²) in [5.41, 5.74) is 3.39. The first-order valence-electron chi connectivity index (χ1n) is 13.9. The Bertz CT molecular complexity index is 1500. The van der Waals surface area contributed by atoms with E-state index >= 15 is 0 Å². The van der Waals surface area contributed by atoms with Gasteiger partial charge in [-0.25, -0.2) is 0 Å². The molecule has 0 radical (unpaired) electrons. The van der Waals surface area contributed by atoms with Crippen LogP contribution in [0.2, 0.25) is 0 Å². The van der Waals surface area contributed by atoms with Crippen LogP contribution in [0.25, 0.3) is 11.1 Å². The van der Waals surface area contributed by atoms with E-state index in [1.807, 2.05) is 61.6 Å². The Labute approximate surface area is 243 Å². The molecule has 1 heterocycles. The zero-order valence-corrected chi connectivity index (χ0v) is 23.2. The maximum atomic E-state index is 13.2. The molecule has 1 atom stereocenters. The van der Waals surface area contributed by atoms with Crippen molar-refractivity contribution in [1.29, 1.82) is 0 Å². The van der Waals surface area contributed by atoms with E-state index in [9.17, 15) is 22.8 Å². The number of hydrogen-bond donors (Lipinski definition) is 1. The number of amides is 1. The highest BCUT2D eigenvalue weighted by atomic mass is 19.4. The van der Waals surface area contributed by atoms with Gasteiger partial charge in [0.2, 0.25) is 0 Å². The first-order valence-corrected chi connectivity index (χ1v) is 13.9. The largest absolute Gasteiger partial charge is 0.416 e. The van der Waals surface area contributed by atoms with Gasteiger partial charge in [-0.3, -0.25) is 9.69 Å². The van der Waals surface area contributed by atoms with Crippen LogP contribution in [-0.4, -0.2) is 43.3 Å². The van der Waals surface area contributed by atoms with Gasteiger partial charge < -0.3 is 15.0 Å². The van der Waals surface area contributed by atoms with Crippen molar-refractivity contribution in [2.24, 2.45) is 0 Å². The molecule has 5 nitrogen and oxygen atoms in total. The van der Waals surface area contributed by atoms with Crippen LogP contribution < -0.4 is 10.2 Å². The number of piperidine rings is 1. The minimum absolute atomic E-state index is 0.268. The molecule has 1 aliphatic rings. The number of carbonyl (C=O) groups is 2. The molecule has 0 bridgehead atoms. The highest BCUT2D eigenvalue weighted by Gasteiger charge is 2.30. The van der Waals surface area contributed by atoms with Gasteiger partial charge in [0.15, 0.2) is 0 Å². The van der Waals surface area contributed by atoms with Crippen molar-refractivity contribution in [3.8, 4) is 11.1 Å². The highest BCUT2D eigenvalue weighted by molar-refractivity contribution is 6.08. The number of likely N-dealkylation sites (N-methyl/N-ethyl adjacent to an activating group) is 1. The Morgan fingerprint density at radius 3 is 2.12 bits per heavy atom. The van der Waals surface area contributed by atoms with Gasteiger partial charge >= 0.3 is 6.18 Å². The van der Waals surface area contributed by atoms with Gasteiger partial charge in [0.25, 0.3) is 5.91 Å². The number of alkyl halides is 3. The van der Waals surface area contributed by atoms with Crippen molar-refractivity contribution in [2.45, 2.75) is 31.1 Å². The Balaban J connectivity index is 1.20. The summed E-state index contributed by atoms with van der Waals surface area (Å²) in [6.07, 6.45) is -1.56. The van der Waals surface area contributed by atoms with Gasteiger partial charge in [-0.1, -0.05) is 60.7 Å². The summed E-state index contributed by atoms with van der Waals surface area (Å²) in [7, 11) is 2.01. The van der Waals surface area contributed by atoms with Crippen molar-refractivity contribution in [3.63, 3.8) is 0 Å². The van der Waals surface area contributed by atoms with Gasteiger partial charge in [-0.05, 0) is 79.0 Å². The number of nitrogens with one attached hydrogen (secondary N) is 1. The lowest BCUT2D eigenvalue weighted by molar-refractivity contribution is -0.137. The molecule has 0 spiro atoms. The fourth-order valence-corrected chi connectivity index (χ4v) is 5.54. The third-order valence-electron chi connectivity index (χ3n) is 7.93. The minimum atomic E-state index is -4.42. The molecule has 4 aromatic rings. The van der Waals surface area contributed by atoms with Gasteiger partial charge in [0, 0.05) is 36.1 Å². The number of halogens is 3. The van der Waals surface area contributed by atoms with Crippen LogP contribution in [-0.2, 0) is 11.0 Å².